The quantitative estimate of drug-likeness (QED) is 0.638. The molecule has 0 spiro atoms. The molecule has 6 heteroatoms. The van der Waals surface area contributed by atoms with Crippen LogP contribution in [0.3, 0.4) is 0 Å². The van der Waals surface area contributed by atoms with Crippen molar-refractivity contribution < 1.29 is 4.39 Å². The summed E-state index contributed by atoms with van der Waals surface area (Å²) in [6, 6.07) is 7.44. The van der Waals surface area contributed by atoms with Crippen LogP contribution >= 0.6 is 0 Å². The van der Waals surface area contributed by atoms with Crippen LogP contribution in [0.5, 0.6) is 0 Å². The van der Waals surface area contributed by atoms with Crippen molar-refractivity contribution in [3.63, 3.8) is 0 Å². The van der Waals surface area contributed by atoms with Gasteiger partial charge in [-0.2, -0.15) is 5.10 Å². The fourth-order valence-electron chi connectivity index (χ4n) is 3.20. The number of hydrogen-bond donors (Lipinski definition) is 2. The lowest BCUT2D eigenvalue weighted by molar-refractivity contribution is 0.499. The number of aromatic nitrogens is 2. The summed E-state index contributed by atoms with van der Waals surface area (Å²) in [5, 5.41) is 11.5. The number of aryl methyl sites for hydroxylation is 1. The monoisotopic (exact) mass is 357 g/mol. The van der Waals surface area contributed by atoms with Crippen LogP contribution in [0, 0.1) is 5.82 Å². The van der Waals surface area contributed by atoms with Gasteiger partial charge in [-0.1, -0.05) is 18.2 Å². The zero-order chi connectivity index (χ0) is 18.5. The van der Waals surface area contributed by atoms with Gasteiger partial charge in [0.2, 0.25) is 0 Å². The largest absolute Gasteiger partial charge is 0.357 e. The van der Waals surface area contributed by atoms with Crippen LogP contribution < -0.4 is 10.6 Å². The minimum Gasteiger partial charge on any atom is -0.357 e. The van der Waals surface area contributed by atoms with Crippen molar-refractivity contribution in [1.82, 2.24) is 20.4 Å². The molecule has 26 heavy (non-hydrogen) atoms. The van der Waals surface area contributed by atoms with Crippen molar-refractivity contribution in [2.45, 2.75) is 58.7 Å². The number of benzene rings is 1. The Hall–Kier alpha value is -2.37. The third-order valence-electron chi connectivity index (χ3n) is 4.68. The zero-order valence-corrected chi connectivity index (χ0v) is 15.8. The summed E-state index contributed by atoms with van der Waals surface area (Å²) in [4.78, 5) is 4.56. The molecule has 1 unspecified atom stereocenters. The topological polar surface area (TPSA) is 54.2 Å². The van der Waals surface area contributed by atoms with E-state index < -0.39 is 0 Å². The minimum absolute atomic E-state index is 0.214. The molecule has 2 N–H and O–H groups in total. The molecule has 0 saturated carbocycles. The molecule has 1 atom stereocenters. The van der Waals surface area contributed by atoms with E-state index in [1.165, 1.54) is 17.3 Å². The predicted octanol–water partition coefficient (Wildman–Crippen LogP) is 3.22. The Bertz CT molecular complexity index is 765. The first-order valence-corrected chi connectivity index (χ1v) is 9.42. The first-order valence-electron chi connectivity index (χ1n) is 9.42. The number of hydrogen-bond acceptors (Lipinski definition) is 2. The first kappa shape index (κ1) is 18.4. The SMILES string of the molecule is CCNC(=NCc1ccccc1F)NC1CCc2cn(C(C)C)nc2C1. The molecule has 1 aromatic carbocycles. The second-order valence-corrected chi connectivity index (χ2v) is 7.05. The molecule has 0 amide bonds. The number of nitrogens with zero attached hydrogens (tertiary/aromatic N) is 3. The highest BCUT2D eigenvalue weighted by atomic mass is 19.1. The minimum atomic E-state index is -0.214. The van der Waals surface area contributed by atoms with Gasteiger partial charge >= 0.3 is 0 Å². The molecule has 1 aliphatic rings. The van der Waals surface area contributed by atoms with Gasteiger partial charge < -0.3 is 10.6 Å². The zero-order valence-electron chi connectivity index (χ0n) is 15.8. The number of rotatable bonds is 5. The standard InChI is InChI=1S/C20H28FN5/c1-4-22-20(23-12-15-7-5-6-8-18(15)21)24-17-10-9-16-13-26(14(2)3)25-19(16)11-17/h5-8,13-14,17H,4,9-12H2,1-3H3,(H2,22,23,24). The van der Waals surface area contributed by atoms with Crippen LogP contribution in [0.4, 0.5) is 4.39 Å². The van der Waals surface area contributed by atoms with E-state index in [9.17, 15) is 4.39 Å². The summed E-state index contributed by atoms with van der Waals surface area (Å²) in [5.74, 6) is 0.515. The molecule has 0 saturated heterocycles. The molecule has 2 aromatic rings. The van der Waals surface area contributed by atoms with Gasteiger partial charge in [-0.15, -0.1) is 0 Å². The van der Waals surface area contributed by atoms with E-state index in [1.54, 1.807) is 12.1 Å². The molecule has 1 heterocycles. The van der Waals surface area contributed by atoms with Crippen LogP contribution in [-0.2, 0) is 19.4 Å². The van der Waals surface area contributed by atoms with Gasteiger partial charge in [0.05, 0.1) is 12.2 Å². The van der Waals surface area contributed by atoms with Gasteiger partial charge in [0, 0.05) is 36.8 Å². The average molecular weight is 357 g/mol. The Morgan fingerprint density at radius 3 is 2.92 bits per heavy atom. The highest BCUT2D eigenvalue weighted by molar-refractivity contribution is 5.80. The van der Waals surface area contributed by atoms with Crippen molar-refractivity contribution in [2.75, 3.05) is 6.54 Å². The Morgan fingerprint density at radius 2 is 2.19 bits per heavy atom. The van der Waals surface area contributed by atoms with Gasteiger partial charge in [-0.25, -0.2) is 9.38 Å². The summed E-state index contributed by atoms with van der Waals surface area (Å²) < 4.78 is 15.8. The second-order valence-electron chi connectivity index (χ2n) is 7.05. The Morgan fingerprint density at radius 1 is 1.38 bits per heavy atom. The van der Waals surface area contributed by atoms with Crippen LogP contribution in [0.1, 0.15) is 50.1 Å². The van der Waals surface area contributed by atoms with Gasteiger partial charge in [0.25, 0.3) is 0 Å². The third-order valence-corrected chi connectivity index (χ3v) is 4.68. The van der Waals surface area contributed by atoms with E-state index in [2.05, 4.69) is 35.7 Å². The molecule has 0 fully saturated rings. The number of fused-ring (bicyclic) bond motifs is 1. The molecule has 1 aliphatic carbocycles. The number of halogens is 1. The molecule has 3 rings (SSSR count). The average Bonchev–Trinajstić information content (AvgIpc) is 3.05. The molecule has 0 bridgehead atoms. The molecular formula is C20H28FN5. The van der Waals surface area contributed by atoms with E-state index >= 15 is 0 Å². The Balaban J connectivity index is 1.66. The lowest BCUT2D eigenvalue weighted by Crippen LogP contribution is -2.45. The number of nitrogens with one attached hydrogen (secondary N) is 2. The third kappa shape index (κ3) is 4.42. The van der Waals surface area contributed by atoms with E-state index in [1.807, 2.05) is 17.7 Å². The molecule has 1 aromatic heterocycles. The van der Waals surface area contributed by atoms with Gasteiger partial charge in [-0.05, 0) is 45.2 Å². The van der Waals surface area contributed by atoms with Crippen LogP contribution in [0.25, 0.3) is 0 Å². The van der Waals surface area contributed by atoms with E-state index in [4.69, 9.17) is 5.10 Å². The summed E-state index contributed by atoms with van der Waals surface area (Å²) in [6.45, 7) is 7.41. The summed E-state index contributed by atoms with van der Waals surface area (Å²) in [6.07, 6.45) is 5.13. The Labute approximate surface area is 154 Å². The van der Waals surface area contributed by atoms with Crippen molar-refractivity contribution in [1.29, 1.82) is 0 Å². The van der Waals surface area contributed by atoms with Crippen LogP contribution in [0.15, 0.2) is 35.5 Å². The maximum Gasteiger partial charge on any atom is 0.191 e. The fourth-order valence-corrected chi connectivity index (χ4v) is 3.20. The van der Waals surface area contributed by atoms with Crippen molar-refractivity contribution in [3.8, 4) is 0 Å². The smallest absolute Gasteiger partial charge is 0.191 e. The van der Waals surface area contributed by atoms with Crippen molar-refractivity contribution in [2.24, 2.45) is 4.99 Å². The number of guanidine groups is 1. The highest BCUT2D eigenvalue weighted by Gasteiger charge is 2.23. The van der Waals surface area contributed by atoms with Crippen molar-refractivity contribution in [3.05, 3.63) is 53.1 Å². The highest BCUT2D eigenvalue weighted by Crippen LogP contribution is 2.21. The van der Waals surface area contributed by atoms with Crippen molar-refractivity contribution >= 4 is 5.96 Å². The molecule has 140 valence electrons. The summed E-state index contributed by atoms with van der Waals surface area (Å²) >= 11 is 0. The van der Waals surface area contributed by atoms with E-state index in [0.29, 0.717) is 18.2 Å². The number of aliphatic imine (C=N–C) groups is 1. The van der Waals surface area contributed by atoms with Crippen LogP contribution in [0.2, 0.25) is 0 Å². The normalized spacial score (nSPS) is 17.3. The maximum absolute atomic E-state index is 13.8. The fraction of sp³-hybridized carbons (Fsp3) is 0.500. The molecule has 5 nitrogen and oxygen atoms in total. The van der Waals surface area contributed by atoms with Gasteiger partial charge in [0.1, 0.15) is 5.82 Å². The predicted molar refractivity (Wildman–Crippen MR) is 103 cm³/mol. The molecule has 0 radical (unpaired) electrons. The van der Waals surface area contributed by atoms with Gasteiger partial charge in [0.15, 0.2) is 5.96 Å². The van der Waals surface area contributed by atoms with E-state index in [-0.39, 0.29) is 11.9 Å². The van der Waals surface area contributed by atoms with Crippen LogP contribution in [-0.4, -0.2) is 28.3 Å². The van der Waals surface area contributed by atoms with Gasteiger partial charge in [-0.3, -0.25) is 4.68 Å². The first-order chi connectivity index (χ1) is 12.6. The molecule has 0 aliphatic heterocycles. The maximum atomic E-state index is 13.8. The lowest BCUT2D eigenvalue weighted by atomic mass is 9.94. The second kappa shape index (κ2) is 8.34. The summed E-state index contributed by atoms with van der Waals surface area (Å²) in [7, 11) is 0. The summed E-state index contributed by atoms with van der Waals surface area (Å²) in [5.41, 5.74) is 3.13. The molecular weight excluding hydrogens is 329 g/mol. The Kier molecular flexibility index (Phi) is 5.91. The van der Waals surface area contributed by atoms with E-state index in [0.717, 1.165) is 31.8 Å². The lowest BCUT2D eigenvalue weighted by Gasteiger charge is -2.24.